The lowest BCUT2D eigenvalue weighted by Gasteiger charge is -2.24. The van der Waals surface area contributed by atoms with Crippen molar-refractivity contribution in [2.24, 2.45) is 10.8 Å². The summed E-state index contributed by atoms with van der Waals surface area (Å²) in [5.41, 5.74) is 10.4. The van der Waals surface area contributed by atoms with Crippen LogP contribution in [0.3, 0.4) is 0 Å². The number of benzene rings is 2. The van der Waals surface area contributed by atoms with Crippen molar-refractivity contribution in [1.29, 1.82) is 0 Å². The summed E-state index contributed by atoms with van der Waals surface area (Å²) in [4.78, 5) is 0. The van der Waals surface area contributed by atoms with Crippen molar-refractivity contribution < 1.29 is 4.74 Å². The fourth-order valence-electron chi connectivity index (χ4n) is 2.72. The van der Waals surface area contributed by atoms with Gasteiger partial charge in [0.15, 0.2) is 0 Å². The first-order valence-electron chi connectivity index (χ1n) is 7.47. The second kappa shape index (κ2) is 6.20. The Morgan fingerprint density at radius 2 is 1.82 bits per heavy atom. The molecular weight excluding hydrogens is 274 g/mol. The molecule has 114 valence electrons. The maximum Gasteiger partial charge on any atom is 0.119 e. The highest BCUT2D eigenvalue weighted by atomic mass is 16.5. The van der Waals surface area contributed by atoms with Crippen LogP contribution >= 0.6 is 0 Å². The van der Waals surface area contributed by atoms with Crippen LogP contribution < -0.4 is 15.5 Å². The van der Waals surface area contributed by atoms with Gasteiger partial charge in [0.25, 0.3) is 0 Å². The standard InChI is InChI=1S/C18H21N3O/c1-13-3-5-14(6-4-13)18-11-15(12-19)20-21(18)16-7-9-17(22-2)10-8-16/h3-10,18H,11-12,19H2,1-2H3. The lowest BCUT2D eigenvalue weighted by molar-refractivity contribution is 0.415. The van der Waals surface area contributed by atoms with Gasteiger partial charge in [-0.3, -0.25) is 5.01 Å². The minimum absolute atomic E-state index is 0.201. The van der Waals surface area contributed by atoms with Gasteiger partial charge in [-0.15, -0.1) is 0 Å². The molecule has 0 saturated heterocycles. The quantitative estimate of drug-likeness (QED) is 0.942. The Hall–Kier alpha value is -2.33. The average molecular weight is 295 g/mol. The molecule has 1 heterocycles. The molecule has 0 saturated carbocycles. The van der Waals surface area contributed by atoms with Gasteiger partial charge in [0, 0.05) is 13.0 Å². The van der Waals surface area contributed by atoms with Gasteiger partial charge >= 0.3 is 0 Å². The number of hydrogen-bond donors (Lipinski definition) is 1. The number of hydrogen-bond acceptors (Lipinski definition) is 4. The number of nitrogens with zero attached hydrogens (tertiary/aromatic N) is 2. The lowest BCUT2D eigenvalue weighted by atomic mass is 10.0. The van der Waals surface area contributed by atoms with Crippen LogP contribution in [0.2, 0.25) is 0 Å². The Morgan fingerprint density at radius 3 is 2.41 bits per heavy atom. The predicted molar refractivity (Wildman–Crippen MR) is 90.5 cm³/mol. The Balaban J connectivity index is 1.93. The summed E-state index contributed by atoms with van der Waals surface area (Å²) in [7, 11) is 1.67. The largest absolute Gasteiger partial charge is 0.497 e. The first-order valence-corrected chi connectivity index (χ1v) is 7.47. The van der Waals surface area contributed by atoms with E-state index >= 15 is 0 Å². The van der Waals surface area contributed by atoms with Gasteiger partial charge in [0.05, 0.1) is 24.6 Å². The van der Waals surface area contributed by atoms with Crippen LogP contribution in [-0.2, 0) is 0 Å². The molecule has 2 aromatic rings. The van der Waals surface area contributed by atoms with Gasteiger partial charge in [0.2, 0.25) is 0 Å². The van der Waals surface area contributed by atoms with Gasteiger partial charge < -0.3 is 10.5 Å². The Morgan fingerprint density at radius 1 is 1.14 bits per heavy atom. The van der Waals surface area contributed by atoms with Gasteiger partial charge in [-0.2, -0.15) is 5.10 Å². The van der Waals surface area contributed by atoms with E-state index in [1.54, 1.807) is 7.11 Å². The van der Waals surface area contributed by atoms with Crippen LogP contribution in [0.4, 0.5) is 5.69 Å². The van der Waals surface area contributed by atoms with Crippen LogP contribution in [0.25, 0.3) is 0 Å². The summed E-state index contributed by atoms with van der Waals surface area (Å²) in [5.74, 6) is 0.845. The summed E-state index contributed by atoms with van der Waals surface area (Å²) in [6.07, 6.45) is 0.867. The van der Waals surface area contributed by atoms with Crippen molar-refractivity contribution in [3.05, 3.63) is 59.7 Å². The fraction of sp³-hybridized carbons (Fsp3) is 0.278. The van der Waals surface area contributed by atoms with Crippen LogP contribution in [0.5, 0.6) is 5.75 Å². The minimum Gasteiger partial charge on any atom is -0.497 e. The van der Waals surface area contributed by atoms with Gasteiger partial charge in [0.1, 0.15) is 5.75 Å². The van der Waals surface area contributed by atoms with Crippen molar-refractivity contribution in [2.45, 2.75) is 19.4 Å². The molecule has 0 aromatic heterocycles. The van der Waals surface area contributed by atoms with E-state index in [4.69, 9.17) is 15.6 Å². The third-order valence-corrected chi connectivity index (χ3v) is 4.01. The van der Waals surface area contributed by atoms with Crippen molar-refractivity contribution in [3.63, 3.8) is 0 Å². The van der Waals surface area contributed by atoms with Crippen LogP contribution in [0.1, 0.15) is 23.6 Å². The minimum atomic E-state index is 0.201. The zero-order valence-electron chi connectivity index (χ0n) is 13.0. The highest BCUT2D eigenvalue weighted by Gasteiger charge is 2.28. The molecule has 0 spiro atoms. The first-order chi connectivity index (χ1) is 10.7. The highest BCUT2D eigenvalue weighted by Crippen LogP contribution is 2.35. The van der Waals surface area contributed by atoms with E-state index in [0.29, 0.717) is 6.54 Å². The van der Waals surface area contributed by atoms with E-state index in [2.05, 4.69) is 36.2 Å². The number of nitrogens with two attached hydrogens (primary N) is 1. The molecule has 4 nitrogen and oxygen atoms in total. The van der Waals surface area contributed by atoms with E-state index in [1.807, 2.05) is 24.3 Å². The monoisotopic (exact) mass is 295 g/mol. The van der Waals surface area contributed by atoms with Crippen LogP contribution in [-0.4, -0.2) is 19.4 Å². The molecule has 22 heavy (non-hydrogen) atoms. The van der Waals surface area contributed by atoms with E-state index in [-0.39, 0.29) is 6.04 Å². The topological polar surface area (TPSA) is 50.8 Å². The number of ether oxygens (including phenoxy) is 1. The predicted octanol–water partition coefficient (Wildman–Crippen LogP) is 3.27. The molecule has 1 atom stereocenters. The molecule has 4 heteroatoms. The molecule has 0 amide bonds. The second-order valence-electron chi connectivity index (χ2n) is 5.54. The molecule has 0 radical (unpaired) electrons. The summed E-state index contributed by atoms with van der Waals surface area (Å²) in [6, 6.07) is 16.8. The number of methoxy groups -OCH3 is 1. The van der Waals surface area contributed by atoms with E-state index < -0.39 is 0 Å². The average Bonchev–Trinajstić information content (AvgIpc) is 3.00. The van der Waals surface area contributed by atoms with E-state index in [9.17, 15) is 0 Å². The van der Waals surface area contributed by atoms with Gasteiger partial charge in [-0.1, -0.05) is 29.8 Å². The summed E-state index contributed by atoms with van der Waals surface area (Å²) in [5, 5.41) is 6.76. The Kier molecular flexibility index (Phi) is 4.11. The zero-order valence-corrected chi connectivity index (χ0v) is 13.0. The molecular formula is C18H21N3O. The van der Waals surface area contributed by atoms with Crippen molar-refractivity contribution in [3.8, 4) is 5.75 Å². The molecule has 1 aliphatic heterocycles. The van der Waals surface area contributed by atoms with Crippen LogP contribution in [0, 0.1) is 6.92 Å². The Labute approximate surface area is 131 Å². The van der Waals surface area contributed by atoms with Gasteiger partial charge in [-0.25, -0.2) is 0 Å². The number of rotatable bonds is 4. The molecule has 2 N–H and O–H groups in total. The van der Waals surface area contributed by atoms with Crippen LogP contribution in [0.15, 0.2) is 53.6 Å². The molecule has 0 aliphatic carbocycles. The maximum atomic E-state index is 5.81. The molecule has 0 bridgehead atoms. The zero-order chi connectivity index (χ0) is 15.5. The number of aryl methyl sites for hydroxylation is 1. The summed E-state index contributed by atoms with van der Waals surface area (Å²) >= 11 is 0. The number of anilines is 1. The third kappa shape index (κ3) is 2.83. The smallest absolute Gasteiger partial charge is 0.119 e. The fourth-order valence-corrected chi connectivity index (χ4v) is 2.72. The van der Waals surface area contributed by atoms with E-state index in [0.717, 1.165) is 23.6 Å². The SMILES string of the molecule is COc1ccc(N2N=C(CN)CC2c2ccc(C)cc2)cc1. The molecule has 1 unspecified atom stereocenters. The van der Waals surface area contributed by atoms with Crippen molar-refractivity contribution in [1.82, 2.24) is 0 Å². The molecule has 1 aliphatic rings. The number of hydrazone groups is 1. The lowest BCUT2D eigenvalue weighted by Crippen LogP contribution is -2.18. The maximum absolute atomic E-state index is 5.81. The normalized spacial score (nSPS) is 17.5. The van der Waals surface area contributed by atoms with Crippen molar-refractivity contribution >= 4 is 11.4 Å². The molecule has 2 aromatic carbocycles. The highest BCUT2D eigenvalue weighted by molar-refractivity contribution is 5.90. The summed E-state index contributed by atoms with van der Waals surface area (Å²) < 4.78 is 5.22. The van der Waals surface area contributed by atoms with Crippen molar-refractivity contribution in [2.75, 3.05) is 18.7 Å². The molecule has 0 fully saturated rings. The van der Waals surface area contributed by atoms with Gasteiger partial charge in [-0.05, 0) is 36.8 Å². The Bertz CT molecular complexity index is 662. The second-order valence-corrected chi connectivity index (χ2v) is 5.54. The summed E-state index contributed by atoms with van der Waals surface area (Å²) in [6.45, 7) is 2.59. The first kappa shape index (κ1) is 14.6. The van der Waals surface area contributed by atoms with E-state index in [1.165, 1.54) is 11.1 Å². The molecule has 3 rings (SSSR count). The third-order valence-electron chi connectivity index (χ3n) is 4.01.